The fourth-order valence-electron chi connectivity index (χ4n) is 1.84. The Morgan fingerprint density at radius 3 is 2.30 bits per heavy atom. The van der Waals surface area contributed by atoms with E-state index in [0.717, 1.165) is 13.2 Å². The summed E-state index contributed by atoms with van der Waals surface area (Å²) in [6, 6.07) is 0.845. The van der Waals surface area contributed by atoms with Crippen molar-refractivity contribution in [2.24, 2.45) is 0 Å². The first-order chi connectivity index (χ1) is 9.31. The van der Waals surface area contributed by atoms with E-state index in [0.29, 0.717) is 0 Å². The van der Waals surface area contributed by atoms with Crippen LogP contribution in [0.3, 0.4) is 0 Å². The molecule has 20 heavy (non-hydrogen) atoms. The number of carbonyl (C=O) groups excluding carboxylic acids is 3. The number of hydrogen-bond acceptors (Lipinski definition) is 7. The summed E-state index contributed by atoms with van der Waals surface area (Å²) < 4.78 is 4.29. The summed E-state index contributed by atoms with van der Waals surface area (Å²) in [6.45, 7) is 0. The molecule has 7 nitrogen and oxygen atoms in total. The highest BCUT2D eigenvalue weighted by Gasteiger charge is 2.41. The fourth-order valence-corrected chi connectivity index (χ4v) is 2.04. The highest BCUT2D eigenvalue weighted by Crippen LogP contribution is 2.43. The Balaban J connectivity index is 2.91. The monoisotopic (exact) mass is 298 g/mol. The molecule has 0 aromatic heterocycles. The summed E-state index contributed by atoms with van der Waals surface area (Å²) in [4.78, 5) is 35.0. The zero-order valence-electron chi connectivity index (χ0n) is 9.93. The molecule has 8 heteroatoms. The molecule has 1 aromatic rings. The molecule has 0 atom stereocenters. The van der Waals surface area contributed by atoms with Gasteiger partial charge in [-0.15, -0.1) is 0 Å². The van der Waals surface area contributed by atoms with Gasteiger partial charge in [0.25, 0.3) is 0 Å². The van der Waals surface area contributed by atoms with E-state index < -0.39 is 51.5 Å². The molecular formula is C12H7ClO7. The number of phenols is 2. The van der Waals surface area contributed by atoms with Gasteiger partial charge in [0.15, 0.2) is 5.57 Å². The van der Waals surface area contributed by atoms with Crippen LogP contribution in [0.25, 0.3) is 5.76 Å². The molecule has 0 amide bonds. The second-order valence-corrected chi connectivity index (χ2v) is 4.26. The van der Waals surface area contributed by atoms with Gasteiger partial charge in [0.05, 0.1) is 23.3 Å². The molecule has 0 aliphatic heterocycles. The maximum absolute atomic E-state index is 11.9. The Hall–Kier alpha value is -2.54. The van der Waals surface area contributed by atoms with Crippen molar-refractivity contribution in [3.8, 4) is 11.5 Å². The minimum absolute atomic E-state index is 0.362. The third-order valence-corrected chi connectivity index (χ3v) is 3.04. The first kappa shape index (κ1) is 13.9. The summed E-state index contributed by atoms with van der Waals surface area (Å²) in [5.74, 6) is -6.27. The lowest BCUT2D eigenvalue weighted by molar-refractivity contribution is -0.137. The highest BCUT2D eigenvalue weighted by molar-refractivity contribution is 6.57. The number of ketones is 2. The minimum atomic E-state index is -1.35. The minimum Gasteiger partial charge on any atom is -0.507 e. The van der Waals surface area contributed by atoms with Gasteiger partial charge in [-0.05, 0) is 0 Å². The fraction of sp³-hybridized carbons (Fsp3) is 0.0833. The van der Waals surface area contributed by atoms with Crippen LogP contribution in [-0.4, -0.2) is 40.0 Å². The quantitative estimate of drug-likeness (QED) is 0.305. The van der Waals surface area contributed by atoms with Crippen molar-refractivity contribution < 1.29 is 34.4 Å². The highest BCUT2D eigenvalue weighted by atomic mass is 35.5. The molecule has 0 unspecified atom stereocenters. The number of Topliss-reactive ketones (excluding diaryl/α,β-unsaturated/α-hetero) is 2. The van der Waals surface area contributed by atoms with Crippen LogP contribution in [0.2, 0.25) is 5.02 Å². The standard InChI is InChI=1S/C12H7ClO7/c1-20-12(19)7-9(16)6-5(10(17)11(7)18)4(14)2-3(13)8(6)15/h2,14-16H,1H3. The number of aromatic hydroxyl groups is 2. The number of phenolic OH excluding ortho intramolecular Hbond substituents is 2. The van der Waals surface area contributed by atoms with Gasteiger partial charge in [-0.3, -0.25) is 9.59 Å². The summed E-state index contributed by atoms with van der Waals surface area (Å²) in [7, 11) is 0.950. The molecule has 3 N–H and O–H groups in total. The first-order valence-electron chi connectivity index (χ1n) is 5.16. The normalized spacial score (nSPS) is 14.3. The first-order valence-corrected chi connectivity index (χ1v) is 5.54. The van der Waals surface area contributed by atoms with Crippen LogP contribution in [0.5, 0.6) is 11.5 Å². The van der Waals surface area contributed by atoms with Gasteiger partial charge in [0, 0.05) is 6.07 Å². The van der Waals surface area contributed by atoms with E-state index >= 15 is 0 Å². The van der Waals surface area contributed by atoms with E-state index in [1.54, 1.807) is 0 Å². The van der Waals surface area contributed by atoms with E-state index in [1.807, 2.05) is 0 Å². The Kier molecular flexibility index (Phi) is 3.15. The maximum Gasteiger partial charge on any atom is 0.345 e. The van der Waals surface area contributed by atoms with E-state index in [4.69, 9.17) is 11.6 Å². The van der Waals surface area contributed by atoms with Crippen molar-refractivity contribution in [1.82, 2.24) is 0 Å². The predicted octanol–water partition coefficient (Wildman–Crippen LogP) is 0.959. The smallest absolute Gasteiger partial charge is 0.345 e. The molecule has 0 saturated heterocycles. The molecule has 0 bridgehead atoms. The molecule has 2 rings (SSSR count). The van der Waals surface area contributed by atoms with Crippen LogP contribution >= 0.6 is 11.6 Å². The molecule has 0 saturated carbocycles. The number of halogens is 1. The van der Waals surface area contributed by atoms with E-state index in [2.05, 4.69) is 4.74 Å². The molecule has 0 spiro atoms. The summed E-state index contributed by atoms with van der Waals surface area (Å²) >= 11 is 5.61. The van der Waals surface area contributed by atoms with Crippen LogP contribution < -0.4 is 0 Å². The molecule has 0 fully saturated rings. The molecule has 1 aliphatic rings. The zero-order chi connectivity index (χ0) is 15.2. The van der Waals surface area contributed by atoms with Crippen molar-refractivity contribution in [1.29, 1.82) is 0 Å². The number of esters is 1. The van der Waals surface area contributed by atoms with Crippen LogP contribution in [0.15, 0.2) is 11.6 Å². The number of hydrogen-bond donors (Lipinski definition) is 3. The van der Waals surface area contributed by atoms with Gasteiger partial charge in [-0.2, -0.15) is 0 Å². The largest absolute Gasteiger partial charge is 0.507 e. The number of methoxy groups -OCH3 is 1. The number of fused-ring (bicyclic) bond motifs is 1. The van der Waals surface area contributed by atoms with Crippen molar-refractivity contribution in [2.45, 2.75) is 0 Å². The van der Waals surface area contributed by atoms with E-state index in [9.17, 15) is 29.7 Å². The lowest BCUT2D eigenvalue weighted by Crippen LogP contribution is -2.29. The van der Waals surface area contributed by atoms with E-state index in [1.165, 1.54) is 0 Å². The van der Waals surface area contributed by atoms with Crippen LogP contribution in [0, 0.1) is 0 Å². The Bertz CT molecular complexity index is 702. The number of rotatable bonds is 1. The number of ether oxygens (including phenoxy) is 1. The average Bonchev–Trinajstić information content (AvgIpc) is 2.40. The van der Waals surface area contributed by atoms with Crippen molar-refractivity contribution in [2.75, 3.05) is 7.11 Å². The van der Waals surface area contributed by atoms with Gasteiger partial charge in [-0.1, -0.05) is 11.6 Å². The van der Waals surface area contributed by atoms with E-state index in [-0.39, 0.29) is 5.02 Å². The van der Waals surface area contributed by atoms with Gasteiger partial charge < -0.3 is 20.1 Å². The topological polar surface area (TPSA) is 121 Å². The third-order valence-electron chi connectivity index (χ3n) is 2.76. The van der Waals surface area contributed by atoms with Gasteiger partial charge in [0.1, 0.15) is 17.3 Å². The summed E-state index contributed by atoms with van der Waals surface area (Å²) in [6.07, 6.45) is 0. The maximum atomic E-state index is 11.9. The zero-order valence-corrected chi connectivity index (χ0v) is 10.7. The van der Waals surface area contributed by atoms with Crippen molar-refractivity contribution in [3.63, 3.8) is 0 Å². The second-order valence-electron chi connectivity index (χ2n) is 3.85. The average molecular weight is 299 g/mol. The molecule has 1 aliphatic carbocycles. The van der Waals surface area contributed by atoms with Crippen LogP contribution in [0.1, 0.15) is 15.9 Å². The molecule has 0 radical (unpaired) electrons. The number of carbonyl (C=O) groups is 3. The molecule has 1 aromatic carbocycles. The Morgan fingerprint density at radius 1 is 1.15 bits per heavy atom. The van der Waals surface area contributed by atoms with Crippen LogP contribution in [-0.2, 0) is 14.3 Å². The SMILES string of the molecule is COC(=O)C1=C(O)c2c(O)c(Cl)cc(O)c2C(=O)C1=O. The lowest BCUT2D eigenvalue weighted by Gasteiger charge is -2.19. The molecular weight excluding hydrogens is 292 g/mol. The number of aliphatic hydroxyl groups excluding tert-OH is 1. The third kappa shape index (κ3) is 1.71. The van der Waals surface area contributed by atoms with Gasteiger partial charge >= 0.3 is 5.97 Å². The summed E-state index contributed by atoms with van der Waals surface area (Å²) in [5, 5.41) is 28.9. The lowest BCUT2D eigenvalue weighted by atomic mass is 9.87. The molecule has 104 valence electrons. The predicted molar refractivity (Wildman–Crippen MR) is 65.7 cm³/mol. The number of benzene rings is 1. The van der Waals surface area contributed by atoms with Crippen molar-refractivity contribution >= 4 is 34.9 Å². The van der Waals surface area contributed by atoms with Gasteiger partial charge in [0.2, 0.25) is 11.6 Å². The summed E-state index contributed by atoms with van der Waals surface area (Å²) in [5.41, 5.74) is -2.14. The van der Waals surface area contributed by atoms with Crippen LogP contribution in [0.4, 0.5) is 0 Å². The Morgan fingerprint density at radius 2 is 1.75 bits per heavy atom. The van der Waals surface area contributed by atoms with Gasteiger partial charge in [-0.25, -0.2) is 4.79 Å². The van der Waals surface area contributed by atoms with Crippen molar-refractivity contribution in [3.05, 3.63) is 27.8 Å². The molecule has 0 heterocycles. The number of aliphatic hydroxyl groups is 1. The Labute approximate surface area is 116 Å². The second kappa shape index (κ2) is 4.53.